The molecule has 100 valence electrons. The number of aromatic hydroxyl groups is 1. The molecule has 6 heteroatoms. The smallest absolute Gasteiger partial charge is 0.246 e. The maximum Gasteiger partial charge on any atom is 0.246 e. The van der Waals surface area contributed by atoms with Crippen LogP contribution >= 0.6 is 11.6 Å². The van der Waals surface area contributed by atoms with Crippen molar-refractivity contribution in [3.8, 4) is 5.75 Å². The van der Waals surface area contributed by atoms with Gasteiger partial charge in [-0.15, -0.1) is 0 Å². The largest absolute Gasteiger partial charge is 0.506 e. The number of amides is 1. The van der Waals surface area contributed by atoms with E-state index >= 15 is 0 Å². The van der Waals surface area contributed by atoms with Crippen LogP contribution < -0.4 is 5.32 Å². The molecule has 1 heterocycles. The Morgan fingerprint density at radius 1 is 1.42 bits per heavy atom. The van der Waals surface area contributed by atoms with E-state index in [1.165, 1.54) is 12.1 Å². The fraction of sp³-hybridized carbons (Fsp3) is 0.231. The van der Waals surface area contributed by atoms with Gasteiger partial charge in [-0.05, 0) is 38.1 Å². The van der Waals surface area contributed by atoms with Gasteiger partial charge in [0.05, 0.1) is 11.4 Å². The molecular weight excluding hydrogens is 266 g/mol. The molecule has 5 nitrogen and oxygen atoms in total. The molecular formula is C13H14ClN3O2. The van der Waals surface area contributed by atoms with Gasteiger partial charge in [-0.2, -0.15) is 5.10 Å². The third kappa shape index (κ3) is 3.26. The average molecular weight is 280 g/mol. The van der Waals surface area contributed by atoms with E-state index in [9.17, 15) is 9.90 Å². The van der Waals surface area contributed by atoms with E-state index in [4.69, 9.17) is 11.6 Å². The molecule has 0 saturated heterocycles. The lowest BCUT2D eigenvalue weighted by Crippen LogP contribution is -2.20. The van der Waals surface area contributed by atoms with Crippen LogP contribution in [0.4, 0.5) is 5.69 Å². The van der Waals surface area contributed by atoms with Crippen LogP contribution in [0.5, 0.6) is 5.75 Å². The lowest BCUT2D eigenvalue weighted by atomic mass is 10.3. The van der Waals surface area contributed by atoms with Crippen molar-refractivity contribution in [3.63, 3.8) is 0 Å². The van der Waals surface area contributed by atoms with Crippen molar-refractivity contribution in [3.05, 3.63) is 40.7 Å². The number of hydrogen-bond acceptors (Lipinski definition) is 3. The van der Waals surface area contributed by atoms with Gasteiger partial charge in [0.25, 0.3) is 0 Å². The number of anilines is 1. The van der Waals surface area contributed by atoms with Gasteiger partial charge in [0, 0.05) is 10.7 Å². The summed E-state index contributed by atoms with van der Waals surface area (Å²) < 4.78 is 1.60. The van der Waals surface area contributed by atoms with E-state index < -0.39 is 0 Å². The Morgan fingerprint density at radius 3 is 2.79 bits per heavy atom. The molecule has 2 aromatic rings. The van der Waals surface area contributed by atoms with Crippen molar-refractivity contribution in [2.75, 3.05) is 5.32 Å². The Balaban J connectivity index is 2.09. The number of benzene rings is 1. The zero-order chi connectivity index (χ0) is 14.0. The monoisotopic (exact) mass is 279 g/mol. The number of aryl methyl sites for hydroxylation is 2. The Kier molecular flexibility index (Phi) is 3.76. The first-order valence-corrected chi connectivity index (χ1v) is 6.13. The minimum absolute atomic E-state index is 0.0221. The van der Waals surface area contributed by atoms with Gasteiger partial charge in [-0.3, -0.25) is 9.48 Å². The zero-order valence-electron chi connectivity index (χ0n) is 10.6. The molecule has 2 rings (SSSR count). The van der Waals surface area contributed by atoms with Crippen molar-refractivity contribution in [1.29, 1.82) is 0 Å². The van der Waals surface area contributed by atoms with Crippen LogP contribution in [-0.4, -0.2) is 20.8 Å². The highest BCUT2D eigenvalue weighted by Gasteiger charge is 2.10. The number of carbonyl (C=O) groups excluding carboxylic acids is 1. The minimum atomic E-state index is -0.274. The van der Waals surface area contributed by atoms with Crippen LogP contribution in [-0.2, 0) is 11.3 Å². The molecule has 0 saturated carbocycles. The number of phenolic OH excluding ortho intramolecular Hbond substituents is 1. The Hall–Kier alpha value is -2.01. The minimum Gasteiger partial charge on any atom is -0.506 e. The molecule has 0 aliphatic heterocycles. The van der Waals surface area contributed by atoms with E-state index in [1.807, 2.05) is 19.9 Å². The highest BCUT2D eigenvalue weighted by molar-refractivity contribution is 6.31. The highest BCUT2D eigenvalue weighted by Crippen LogP contribution is 2.26. The molecule has 0 fully saturated rings. The normalized spacial score (nSPS) is 10.5. The molecule has 0 bridgehead atoms. The van der Waals surface area contributed by atoms with Crippen LogP contribution in [0.3, 0.4) is 0 Å². The summed E-state index contributed by atoms with van der Waals surface area (Å²) in [7, 11) is 0. The highest BCUT2D eigenvalue weighted by atomic mass is 35.5. The molecule has 0 atom stereocenters. The summed E-state index contributed by atoms with van der Waals surface area (Å²) in [5.41, 5.74) is 2.05. The Bertz CT molecular complexity index is 622. The van der Waals surface area contributed by atoms with Gasteiger partial charge in [0.1, 0.15) is 12.3 Å². The standard InChI is InChI=1S/C13H14ClN3O2/c1-8-5-9(2)17(16-8)7-13(19)15-11-6-10(14)3-4-12(11)18/h3-6,18H,7H2,1-2H3,(H,15,19). The lowest BCUT2D eigenvalue weighted by Gasteiger charge is -2.08. The number of nitrogens with one attached hydrogen (secondary N) is 1. The first-order valence-electron chi connectivity index (χ1n) is 5.75. The van der Waals surface area contributed by atoms with E-state index in [0.29, 0.717) is 10.7 Å². The van der Waals surface area contributed by atoms with Crippen LogP contribution in [0.15, 0.2) is 24.3 Å². The molecule has 1 aromatic carbocycles. The zero-order valence-corrected chi connectivity index (χ0v) is 11.4. The van der Waals surface area contributed by atoms with E-state index in [0.717, 1.165) is 11.4 Å². The number of nitrogens with zero attached hydrogens (tertiary/aromatic N) is 2. The van der Waals surface area contributed by atoms with Gasteiger partial charge in [-0.1, -0.05) is 11.6 Å². The quantitative estimate of drug-likeness (QED) is 0.848. The number of rotatable bonds is 3. The average Bonchev–Trinajstić information content (AvgIpc) is 2.62. The van der Waals surface area contributed by atoms with Gasteiger partial charge in [0.2, 0.25) is 5.91 Å². The van der Waals surface area contributed by atoms with Crippen molar-refractivity contribution in [1.82, 2.24) is 9.78 Å². The Labute approximate surface area is 115 Å². The maximum absolute atomic E-state index is 11.9. The van der Waals surface area contributed by atoms with Gasteiger partial charge in [-0.25, -0.2) is 0 Å². The van der Waals surface area contributed by atoms with E-state index in [-0.39, 0.29) is 18.2 Å². The third-order valence-electron chi connectivity index (χ3n) is 2.63. The van der Waals surface area contributed by atoms with Crippen LogP contribution in [0, 0.1) is 13.8 Å². The molecule has 1 aromatic heterocycles. The van der Waals surface area contributed by atoms with E-state index in [2.05, 4.69) is 10.4 Å². The second-order valence-corrected chi connectivity index (χ2v) is 4.73. The van der Waals surface area contributed by atoms with Crippen LogP contribution in [0.25, 0.3) is 0 Å². The summed E-state index contributed by atoms with van der Waals surface area (Å²) in [6, 6.07) is 6.37. The predicted octanol–water partition coefficient (Wildman–Crippen LogP) is 2.50. The molecule has 19 heavy (non-hydrogen) atoms. The molecule has 1 amide bonds. The van der Waals surface area contributed by atoms with Crippen molar-refractivity contribution < 1.29 is 9.90 Å². The number of halogens is 1. The lowest BCUT2D eigenvalue weighted by molar-refractivity contribution is -0.117. The maximum atomic E-state index is 11.9. The Morgan fingerprint density at radius 2 is 2.16 bits per heavy atom. The molecule has 0 unspecified atom stereocenters. The van der Waals surface area contributed by atoms with Gasteiger partial charge >= 0.3 is 0 Å². The number of hydrogen-bond donors (Lipinski definition) is 2. The summed E-state index contributed by atoms with van der Waals surface area (Å²) in [5.74, 6) is -0.296. The summed E-state index contributed by atoms with van der Waals surface area (Å²) in [5, 5.41) is 16.9. The predicted molar refractivity (Wildman–Crippen MR) is 73.4 cm³/mol. The number of phenols is 1. The van der Waals surface area contributed by atoms with Crippen molar-refractivity contribution >= 4 is 23.2 Å². The van der Waals surface area contributed by atoms with Crippen molar-refractivity contribution in [2.45, 2.75) is 20.4 Å². The fourth-order valence-electron chi connectivity index (χ4n) is 1.77. The summed E-state index contributed by atoms with van der Waals surface area (Å²) in [4.78, 5) is 11.9. The summed E-state index contributed by atoms with van der Waals surface area (Å²) >= 11 is 5.81. The summed E-state index contributed by atoms with van der Waals surface area (Å²) in [6.45, 7) is 3.83. The van der Waals surface area contributed by atoms with Crippen LogP contribution in [0.1, 0.15) is 11.4 Å². The molecule has 0 radical (unpaired) electrons. The molecule has 0 aliphatic rings. The van der Waals surface area contributed by atoms with Gasteiger partial charge < -0.3 is 10.4 Å². The molecule has 0 spiro atoms. The molecule has 2 N–H and O–H groups in total. The number of aromatic nitrogens is 2. The fourth-order valence-corrected chi connectivity index (χ4v) is 1.94. The second kappa shape index (κ2) is 5.32. The SMILES string of the molecule is Cc1cc(C)n(CC(=O)Nc2cc(Cl)ccc2O)n1. The summed E-state index contributed by atoms with van der Waals surface area (Å²) in [6.07, 6.45) is 0. The topological polar surface area (TPSA) is 67.2 Å². The van der Waals surface area contributed by atoms with Gasteiger partial charge in [0.15, 0.2) is 0 Å². The second-order valence-electron chi connectivity index (χ2n) is 4.29. The van der Waals surface area contributed by atoms with Crippen LogP contribution in [0.2, 0.25) is 5.02 Å². The molecule has 0 aliphatic carbocycles. The first kappa shape index (κ1) is 13.4. The number of carbonyl (C=O) groups is 1. The third-order valence-corrected chi connectivity index (χ3v) is 2.86. The first-order chi connectivity index (χ1) is 8.95. The van der Waals surface area contributed by atoms with E-state index in [1.54, 1.807) is 10.7 Å². The van der Waals surface area contributed by atoms with Crippen molar-refractivity contribution in [2.24, 2.45) is 0 Å².